The van der Waals surface area contributed by atoms with Crippen LogP contribution in [0.5, 0.6) is 0 Å². The van der Waals surface area contributed by atoms with Gasteiger partial charge in [0.2, 0.25) is 10.0 Å². The number of nitrogens with one attached hydrogen (secondary N) is 1. The summed E-state index contributed by atoms with van der Waals surface area (Å²) in [6, 6.07) is 8.89. The summed E-state index contributed by atoms with van der Waals surface area (Å²) in [4.78, 5) is 0.384. The van der Waals surface area contributed by atoms with Crippen molar-refractivity contribution in [2.75, 3.05) is 19.6 Å². The van der Waals surface area contributed by atoms with Gasteiger partial charge in [-0.15, -0.1) is 0 Å². The lowest BCUT2D eigenvalue weighted by molar-refractivity contribution is 0.256. The molecule has 1 aromatic carbocycles. The van der Waals surface area contributed by atoms with Crippen molar-refractivity contribution in [3.8, 4) is 0 Å². The third kappa shape index (κ3) is 2.74. The molecular weight excluding hydrogens is 248 g/mol. The van der Waals surface area contributed by atoms with Crippen LogP contribution >= 0.6 is 0 Å². The molecule has 0 aromatic heterocycles. The van der Waals surface area contributed by atoms with Gasteiger partial charge in [0.15, 0.2) is 0 Å². The van der Waals surface area contributed by atoms with Crippen LogP contribution in [-0.2, 0) is 10.0 Å². The number of nitrogens with zero attached hydrogens (tertiary/aromatic N) is 1. The minimum Gasteiger partial charge on any atom is -0.311 e. The van der Waals surface area contributed by atoms with Gasteiger partial charge in [0.05, 0.1) is 4.90 Å². The fourth-order valence-corrected chi connectivity index (χ4v) is 3.64. The maximum atomic E-state index is 12.5. The Labute approximate surface area is 109 Å². The van der Waals surface area contributed by atoms with E-state index in [0.717, 1.165) is 6.54 Å². The van der Waals surface area contributed by atoms with Gasteiger partial charge < -0.3 is 5.32 Å². The molecule has 0 saturated carbocycles. The monoisotopic (exact) mass is 268 g/mol. The molecule has 1 unspecified atom stereocenters. The molecule has 0 radical (unpaired) electrons. The molecule has 1 atom stereocenters. The van der Waals surface area contributed by atoms with Crippen LogP contribution in [0.2, 0.25) is 0 Å². The Morgan fingerprint density at radius 3 is 2.56 bits per heavy atom. The highest BCUT2D eigenvalue weighted by Gasteiger charge is 2.30. The Morgan fingerprint density at radius 1 is 1.28 bits per heavy atom. The average molecular weight is 268 g/mol. The molecule has 18 heavy (non-hydrogen) atoms. The molecule has 0 spiro atoms. The number of rotatable bonds is 3. The van der Waals surface area contributed by atoms with E-state index in [2.05, 4.69) is 19.2 Å². The number of sulfonamides is 1. The Balaban J connectivity index is 2.21. The molecule has 1 N–H and O–H groups in total. The van der Waals surface area contributed by atoms with E-state index in [1.54, 1.807) is 28.6 Å². The first-order chi connectivity index (χ1) is 8.51. The highest BCUT2D eigenvalue weighted by molar-refractivity contribution is 7.89. The highest BCUT2D eigenvalue weighted by Crippen LogP contribution is 2.18. The topological polar surface area (TPSA) is 49.4 Å². The SMILES string of the molecule is CC(C)C1CN(S(=O)(=O)c2ccccc2)CCN1. The lowest BCUT2D eigenvalue weighted by Crippen LogP contribution is -2.54. The van der Waals surface area contributed by atoms with Gasteiger partial charge in [-0.1, -0.05) is 32.0 Å². The number of benzene rings is 1. The Kier molecular flexibility index (Phi) is 4.04. The second-order valence-corrected chi connectivity index (χ2v) is 6.92. The fraction of sp³-hybridized carbons (Fsp3) is 0.538. The van der Waals surface area contributed by atoms with Gasteiger partial charge in [0.25, 0.3) is 0 Å². The zero-order chi connectivity index (χ0) is 13.2. The first-order valence-electron chi connectivity index (χ1n) is 6.30. The van der Waals surface area contributed by atoms with Crippen molar-refractivity contribution in [1.29, 1.82) is 0 Å². The number of hydrogen-bond acceptors (Lipinski definition) is 3. The summed E-state index contributed by atoms with van der Waals surface area (Å²) < 4.78 is 26.5. The largest absolute Gasteiger partial charge is 0.311 e. The van der Waals surface area contributed by atoms with Crippen LogP contribution in [0, 0.1) is 5.92 Å². The first kappa shape index (κ1) is 13.5. The first-order valence-corrected chi connectivity index (χ1v) is 7.74. The summed E-state index contributed by atoms with van der Waals surface area (Å²) in [6.07, 6.45) is 0. The fourth-order valence-electron chi connectivity index (χ4n) is 2.16. The third-order valence-corrected chi connectivity index (χ3v) is 5.23. The van der Waals surface area contributed by atoms with Gasteiger partial charge in [-0.25, -0.2) is 8.42 Å². The number of piperazine rings is 1. The highest BCUT2D eigenvalue weighted by atomic mass is 32.2. The van der Waals surface area contributed by atoms with Gasteiger partial charge in [-0.05, 0) is 18.1 Å². The van der Waals surface area contributed by atoms with Crippen LogP contribution in [0.3, 0.4) is 0 Å². The summed E-state index contributed by atoms with van der Waals surface area (Å²) in [6.45, 7) is 6.02. The van der Waals surface area contributed by atoms with Crippen molar-refractivity contribution in [3.63, 3.8) is 0 Å². The average Bonchev–Trinajstić information content (AvgIpc) is 2.40. The van der Waals surface area contributed by atoms with Crippen LogP contribution in [0.4, 0.5) is 0 Å². The van der Waals surface area contributed by atoms with E-state index in [4.69, 9.17) is 0 Å². The summed E-state index contributed by atoms with van der Waals surface area (Å²) in [5.41, 5.74) is 0. The number of hydrogen-bond donors (Lipinski definition) is 1. The standard InChI is InChI=1S/C13H20N2O2S/c1-11(2)13-10-15(9-8-14-13)18(16,17)12-6-4-3-5-7-12/h3-7,11,13-14H,8-10H2,1-2H3. The van der Waals surface area contributed by atoms with Crippen molar-refractivity contribution >= 4 is 10.0 Å². The summed E-state index contributed by atoms with van der Waals surface area (Å²) in [5, 5.41) is 3.37. The van der Waals surface area contributed by atoms with E-state index in [9.17, 15) is 8.42 Å². The molecule has 2 rings (SSSR count). The molecule has 4 nitrogen and oxygen atoms in total. The van der Waals surface area contributed by atoms with E-state index in [-0.39, 0.29) is 6.04 Å². The second-order valence-electron chi connectivity index (χ2n) is 4.98. The van der Waals surface area contributed by atoms with Crippen LogP contribution < -0.4 is 5.32 Å². The van der Waals surface area contributed by atoms with E-state index < -0.39 is 10.0 Å². The molecule has 1 saturated heterocycles. The van der Waals surface area contributed by atoms with Crippen LogP contribution in [-0.4, -0.2) is 38.4 Å². The predicted octanol–water partition coefficient (Wildman–Crippen LogP) is 1.31. The lowest BCUT2D eigenvalue weighted by Gasteiger charge is -2.34. The molecular formula is C13H20N2O2S. The zero-order valence-corrected chi connectivity index (χ0v) is 11.7. The molecule has 1 heterocycles. The minimum absolute atomic E-state index is 0.234. The molecule has 1 aliphatic heterocycles. The van der Waals surface area contributed by atoms with Gasteiger partial charge >= 0.3 is 0 Å². The predicted molar refractivity (Wildman–Crippen MR) is 71.8 cm³/mol. The quantitative estimate of drug-likeness (QED) is 0.899. The Hall–Kier alpha value is -0.910. The maximum absolute atomic E-state index is 12.5. The maximum Gasteiger partial charge on any atom is 0.243 e. The van der Waals surface area contributed by atoms with E-state index >= 15 is 0 Å². The van der Waals surface area contributed by atoms with Crippen molar-refractivity contribution < 1.29 is 8.42 Å². The van der Waals surface area contributed by atoms with Gasteiger partial charge in [0.1, 0.15) is 0 Å². The normalized spacial score (nSPS) is 22.3. The van der Waals surface area contributed by atoms with Gasteiger partial charge in [-0.3, -0.25) is 0 Å². The smallest absolute Gasteiger partial charge is 0.243 e. The Bertz CT molecular complexity index is 485. The Morgan fingerprint density at radius 2 is 1.94 bits per heavy atom. The lowest BCUT2D eigenvalue weighted by atomic mass is 10.0. The summed E-state index contributed by atoms with van der Waals surface area (Å²) in [5.74, 6) is 0.429. The van der Waals surface area contributed by atoms with Crippen molar-refractivity contribution in [2.24, 2.45) is 5.92 Å². The molecule has 0 bridgehead atoms. The molecule has 1 aliphatic rings. The van der Waals surface area contributed by atoms with Crippen LogP contribution in [0.1, 0.15) is 13.8 Å². The van der Waals surface area contributed by atoms with E-state index in [1.165, 1.54) is 0 Å². The summed E-state index contributed by atoms with van der Waals surface area (Å²) >= 11 is 0. The zero-order valence-electron chi connectivity index (χ0n) is 10.8. The minimum atomic E-state index is -3.34. The van der Waals surface area contributed by atoms with Crippen molar-refractivity contribution in [3.05, 3.63) is 30.3 Å². The molecule has 100 valence electrons. The van der Waals surface area contributed by atoms with Crippen LogP contribution in [0.15, 0.2) is 35.2 Å². The molecule has 1 fully saturated rings. The van der Waals surface area contributed by atoms with E-state index in [0.29, 0.717) is 23.9 Å². The summed E-state index contributed by atoms with van der Waals surface area (Å²) in [7, 11) is -3.34. The van der Waals surface area contributed by atoms with Gasteiger partial charge in [0, 0.05) is 25.7 Å². The van der Waals surface area contributed by atoms with Gasteiger partial charge in [-0.2, -0.15) is 4.31 Å². The molecule has 5 heteroatoms. The third-order valence-electron chi connectivity index (χ3n) is 3.35. The molecule has 0 amide bonds. The van der Waals surface area contributed by atoms with E-state index in [1.807, 2.05) is 6.07 Å². The van der Waals surface area contributed by atoms with Crippen molar-refractivity contribution in [1.82, 2.24) is 9.62 Å². The van der Waals surface area contributed by atoms with Crippen LogP contribution in [0.25, 0.3) is 0 Å². The second kappa shape index (κ2) is 5.38. The molecule has 1 aromatic rings. The molecule has 0 aliphatic carbocycles. The van der Waals surface area contributed by atoms with Crippen molar-refractivity contribution in [2.45, 2.75) is 24.8 Å².